The smallest absolute Gasteiger partial charge is 0.326 e. The van der Waals surface area contributed by atoms with E-state index in [1.54, 1.807) is 13.8 Å². The number of carboxylic acids is 2. The molecule has 0 aliphatic carbocycles. The number of aliphatic carboxylic acids is 2. The second-order valence-electron chi connectivity index (χ2n) is 8.86. The molecule has 0 aromatic rings. The highest BCUT2D eigenvalue weighted by atomic mass is 16.4. The van der Waals surface area contributed by atoms with Crippen LogP contribution in [0.3, 0.4) is 0 Å². The second-order valence-corrected chi connectivity index (χ2v) is 8.86. The summed E-state index contributed by atoms with van der Waals surface area (Å²) in [5.74, 6) is -5.90. The van der Waals surface area contributed by atoms with Crippen molar-refractivity contribution in [3.05, 3.63) is 0 Å². The minimum absolute atomic E-state index is 0.150. The van der Waals surface area contributed by atoms with Gasteiger partial charge in [0.15, 0.2) is 0 Å². The van der Waals surface area contributed by atoms with E-state index in [1.807, 2.05) is 13.8 Å². The van der Waals surface area contributed by atoms with E-state index in [0.717, 1.165) is 0 Å². The molecule has 0 rings (SSSR count). The van der Waals surface area contributed by atoms with Crippen molar-refractivity contribution in [2.45, 2.75) is 84.0 Å². The first-order chi connectivity index (χ1) is 15.6. The number of primary amides is 1. The Morgan fingerprint density at radius 2 is 1.29 bits per heavy atom. The molecule has 13 heteroatoms. The van der Waals surface area contributed by atoms with E-state index in [9.17, 15) is 33.9 Å². The summed E-state index contributed by atoms with van der Waals surface area (Å²) in [5, 5.41) is 25.2. The molecule has 9 N–H and O–H groups in total. The lowest BCUT2D eigenvalue weighted by Crippen LogP contribution is -2.58. The largest absolute Gasteiger partial charge is 0.481 e. The van der Waals surface area contributed by atoms with Gasteiger partial charge in [0.1, 0.15) is 18.1 Å². The van der Waals surface area contributed by atoms with Gasteiger partial charge in [-0.05, 0) is 31.1 Å². The van der Waals surface area contributed by atoms with E-state index >= 15 is 0 Å². The Hall–Kier alpha value is -3.22. The van der Waals surface area contributed by atoms with Crippen LogP contribution in [0.4, 0.5) is 0 Å². The van der Waals surface area contributed by atoms with Gasteiger partial charge in [0.05, 0.1) is 6.04 Å². The zero-order chi connectivity index (χ0) is 26.6. The molecule has 0 aromatic heterocycles. The van der Waals surface area contributed by atoms with Gasteiger partial charge in [0, 0.05) is 12.8 Å². The third kappa shape index (κ3) is 12.1. The molecule has 34 heavy (non-hydrogen) atoms. The van der Waals surface area contributed by atoms with E-state index < -0.39 is 72.1 Å². The number of rotatable bonds is 16. The maximum absolute atomic E-state index is 12.9. The summed E-state index contributed by atoms with van der Waals surface area (Å²) in [7, 11) is 0. The van der Waals surface area contributed by atoms with Crippen LogP contribution in [0.25, 0.3) is 0 Å². The molecular formula is C21H37N5O8. The predicted molar refractivity (Wildman–Crippen MR) is 121 cm³/mol. The van der Waals surface area contributed by atoms with Crippen molar-refractivity contribution >= 4 is 35.6 Å². The number of hydrogen-bond donors (Lipinski definition) is 7. The number of hydrogen-bond acceptors (Lipinski definition) is 7. The van der Waals surface area contributed by atoms with Crippen molar-refractivity contribution < 1.29 is 39.0 Å². The summed E-state index contributed by atoms with van der Waals surface area (Å²) in [6.45, 7) is 7.12. The van der Waals surface area contributed by atoms with Crippen LogP contribution in [0.15, 0.2) is 0 Å². The zero-order valence-electron chi connectivity index (χ0n) is 20.0. The molecule has 0 aromatic carbocycles. The average molecular weight is 488 g/mol. The van der Waals surface area contributed by atoms with E-state index in [-0.39, 0.29) is 25.2 Å². The van der Waals surface area contributed by atoms with Gasteiger partial charge in [-0.1, -0.05) is 27.7 Å². The first-order valence-corrected chi connectivity index (χ1v) is 11.0. The lowest BCUT2D eigenvalue weighted by atomic mass is 9.99. The molecule has 194 valence electrons. The van der Waals surface area contributed by atoms with Crippen LogP contribution in [0.2, 0.25) is 0 Å². The Kier molecular flexibility index (Phi) is 13.4. The maximum atomic E-state index is 12.9. The minimum atomic E-state index is -1.52. The van der Waals surface area contributed by atoms with Crippen LogP contribution < -0.4 is 27.4 Å². The van der Waals surface area contributed by atoms with Crippen molar-refractivity contribution in [1.82, 2.24) is 16.0 Å². The van der Waals surface area contributed by atoms with Gasteiger partial charge in [-0.25, -0.2) is 4.79 Å². The first kappa shape index (κ1) is 30.8. The van der Waals surface area contributed by atoms with Crippen molar-refractivity contribution in [2.24, 2.45) is 23.3 Å². The zero-order valence-corrected chi connectivity index (χ0v) is 20.0. The number of carbonyl (C=O) groups is 6. The molecule has 0 saturated heterocycles. The van der Waals surface area contributed by atoms with Gasteiger partial charge >= 0.3 is 11.9 Å². The highest BCUT2D eigenvalue weighted by Crippen LogP contribution is 2.08. The number of carbonyl (C=O) groups excluding carboxylic acids is 4. The number of carboxylic acid groups (broad SMARTS) is 2. The number of nitrogens with one attached hydrogen (secondary N) is 3. The fourth-order valence-electron chi connectivity index (χ4n) is 3.02. The summed E-state index contributed by atoms with van der Waals surface area (Å²) in [6.07, 6.45) is -1.01. The van der Waals surface area contributed by atoms with Crippen molar-refractivity contribution in [3.63, 3.8) is 0 Å². The van der Waals surface area contributed by atoms with E-state index in [4.69, 9.17) is 16.6 Å². The minimum Gasteiger partial charge on any atom is -0.481 e. The quantitative estimate of drug-likeness (QED) is 0.137. The molecule has 0 fully saturated rings. The standard InChI is InChI=1S/C21H37N5O8/c1-10(2)9-12(22)18(30)26-17(11(3)4)20(32)24-13(5-7-15(23)27)19(31)25-14(21(33)34)6-8-16(28)29/h10-14,17H,5-9,22H2,1-4H3,(H2,23,27)(H,24,32)(H,25,31)(H,26,30)(H,28,29)(H,33,34). The summed E-state index contributed by atoms with van der Waals surface area (Å²) in [4.78, 5) is 71.4. The van der Waals surface area contributed by atoms with Gasteiger partial charge < -0.3 is 37.6 Å². The second kappa shape index (κ2) is 14.8. The van der Waals surface area contributed by atoms with E-state index in [2.05, 4.69) is 16.0 Å². The van der Waals surface area contributed by atoms with Crippen LogP contribution in [0.5, 0.6) is 0 Å². The van der Waals surface area contributed by atoms with Crippen molar-refractivity contribution in [2.75, 3.05) is 0 Å². The molecular weight excluding hydrogens is 450 g/mol. The molecule has 0 aliphatic heterocycles. The van der Waals surface area contributed by atoms with E-state index in [1.165, 1.54) is 0 Å². The lowest BCUT2D eigenvalue weighted by molar-refractivity contribution is -0.143. The van der Waals surface area contributed by atoms with Crippen LogP contribution in [-0.4, -0.2) is 69.9 Å². The molecule has 0 aliphatic rings. The molecule has 0 heterocycles. The molecule has 4 amide bonds. The molecule has 4 unspecified atom stereocenters. The van der Waals surface area contributed by atoms with Gasteiger partial charge in [0.25, 0.3) is 0 Å². The predicted octanol–water partition coefficient (Wildman–Crippen LogP) is -1.31. The number of nitrogens with two attached hydrogens (primary N) is 2. The molecule has 0 saturated carbocycles. The highest BCUT2D eigenvalue weighted by Gasteiger charge is 2.32. The Bertz CT molecular complexity index is 755. The SMILES string of the molecule is CC(C)CC(N)C(=O)NC(C(=O)NC(CCC(N)=O)C(=O)NC(CCC(=O)O)C(=O)O)C(C)C. The van der Waals surface area contributed by atoms with Gasteiger partial charge in [-0.3, -0.25) is 24.0 Å². The number of amides is 4. The Morgan fingerprint density at radius 1 is 0.765 bits per heavy atom. The lowest BCUT2D eigenvalue weighted by Gasteiger charge is -2.27. The fraction of sp³-hybridized carbons (Fsp3) is 0.714. The highest BCUT2D eigenvalue weighted by molar-refractivity contribution is 5.94. The molecule has 0 spiro atoms. The summed E-state index contributed by atoms with van der Waals surface area (Å²) < 4.78 is 0. The van der Waals surface area contributed by atoms with Gasteiger partial charge in [-0.2, -0.15) is 0 Å². The van der Waals surface area contributed by atoms with E-state index in [0.29, 0.717) is 6.42 Å². The van der Waals surface area contributed by atoms with Gasteiger partial charge in [-0.15, -0.1) is 0 Å². The summed E-state index contributed by atoms with van der Waals surface area (Å²) >= 11 is 0. The Labute approximate surface area is 198 Å². The molecule has 0 bridgehead atoms. The monoisotopic (exact) mass is 487 g/mol. The normalized spacial score (nSPS) is 14.6. The van der Waals surface area contributed by atoms with Crippen molar-refractivity contribution in [1.29, 1.82) is 0 Å². The van der Waals surface area contributed by atoms with Crippen LogP contribution in [-0.2, 0) is 28.8 Å². The third-order valence-corrected chi connectivity index (χ3v) is 4.88. The average Bonchev–Trinajstić information content (AvgIpc) is 2.70. The molecule has 4 atom stereocenters. The summed E-state index contributed by atoms with van der Waals surface area (Å²) in [6, 6.07) is -4.77. The fourth-order valence-corrected chi connectivity index (χ4v) is 3.02. The summed E-state index contributed by atoms with van der Waals surface area (Å²) in [5.41, 5.74) is 11.0. The van der Waals surface area contributed by atoms with Gasteiger partial charge in [0.2, 0.25) is 23.6 Å². The van der Waals surface area contributed by atoms with Crippen LogP contribution in [0.1, 0.15) is 59.8 Å². The third-order valence-electron chi connectivity index (χ3n) is 4.88. The molecule has 0 radical (unpaired) electrons. The Balaban J connectivity index is 5.51. The maximum Gasteiger partial charge on any atom is 0.326 e. The van der Waals surface area contributed by atoms with Crippen LogP contribution in [0, 0.1) is 11.8 Å². The van der Waals surface area contributed by atoms with Crippen molar-refractivity contribution in [3.8, 4) is 0 Å². The molecule has 13 nitrogen and oxygen atoms in total. The van der Waals surface area contributed by atoms with Crippen LogP contribution >= 0.6 is 0 Å². The first-order valence-electron chi connectivity index (χ1n) is 11.0. The Morgan fingerprint density at radius 3 is 1.74 bits per heavy atom. The topological polar surface area (TPSA) is 231 Å².